The maximum atomic E-state index is 2.51. The van der Waals surface area contributed by atoms with E-state index in [0.717, 1.165) is 5.92 Å². The Balaban J connectivity index is 2.32. The van der Waals surface area contributed by atoms with Gasteiger partial charge in [-0.05, 0) is 42.4 Å². The lowest BCUT2D eigenvalue weighted by atomic mass is 9.51. The van der Waals surface area contributed by atoms with Crippen molar-refractivity contribution in [2.45, 2.75) is 52.9 Å². The minimum absolute atomic E-state index is 0.556. The number of rotatable bonds is 0. The molecule has 2 aliphatic carbocycles. The summed E-state index contributed by atoms with van der Waals surface area (Å²) in [4.78, 5) is 0. The van der Waals surface area contributed by atoms with Crippen molar-refractivity contribution in [2.75, 3.05) is 0 Å². The molecule has 0 heterocycles. The van der Waals surface area contributed by atoms with Crippen LogP contribution in [-0.4, -0.2) is 0 Å². The fraction of sp³-hybridized carbons (Fsp3) is 0.846. The van der Waals surface area contributed by atoms with Crippen LogP contribution in [0.5, 0.6) is 0 Å². The van der Waals surface area contributed by atoms with E-state index in [2.05, 4.69) is 32.9 Å². The molecule has 0 spiro atoms. The number of allylic oxidation sites excluding steroid dienone is 2. The van der Waals surface area contributed by atoms with Gasteiger partial charge >= 0.3 is 0 Å². The van der Waals surface area contributed by atoms with E-state index in [9.17, 15) is 0 Å². The quantitative estimate of drug-likeness (QED) is 0.488. The van der Waals surface area contributed by atoms with Crippen molar-refractivity contribution in [1.82, 2.24) is 0 Å². The van der Waals surface area contributed by atoms with E-state index in [-0.39, 0.29) is 0 Å². The first kappa shape index (κ1) is 9.30. The third-order valence-corrected chi connectivity index (χ3v) is 4.88. The Morgan fingerprint density at radius 2 is 1.92 bits per heavy atom. The summed E-state index contributed by atoms with van der Waals surface area (Å²) >= 11 is 0. The zero-order chi connectivity index (χ0) is 9.53. The SMILES string of the molecule is CC1(C)CCCC2C=CCCC21C. The Labute approximate surface area is 82.4 Å². The molecule has 2 rings (SSSR count). The van der Waals surface area contributed by atoms with Crippen LogP contribution in [0, 0.1) is 16.7 Å². The molecule has 0 bridgehead atoms. The molecular formula is C13H22. The van der Waals surface area contributed by atoms with Crippen LogP contribution in [0.4, 0.5) is 0 Å². The van der Waals surface area contributed by atoms with E-state index in [1.54, 1.807) is 0 Å². The zero-order valence-corrected chi connectivity index (χ0v) is 9.27. The number of fused-ring (bicyclic) bond motifs is 1. The van der Waals surface area contributed by atoms with Gasteiger partial charge in [-0.3, -0.25) is 0 Å². The topological polar surface area (TPSA) is 0 Å². The lowest BCUT2D eigenvalue weighted by molar-refractivity contribution is -0.0165. The van der Waals surface area contributed by atoms with E-state index < -0.39 is 0 Å². The molecule has 2 unspecified atom stereocenters. The van der Waals surface area contributed by atoms with Crippen LogP contribution in [0.25, 0.3) is 0 Å². The summed E-state index contributed by atoms with van der Waals surface area (Å²) in [5.74, 6) is 0.866. The van der Waals surface area contributed by atoms with Crippen molar-refractivity contribution in [3.05, 3.63) is 12.2 Å². The van der Waals surface area contributed by atoms with Crippen molar-refractivity contribution in [3.63, 3.8) is 0 Å². The third kappa shape index (κ3) is 1.26. The van der Waals surface area contributed by atoms with Gasteiger partial charge in [-0.1, -0.05) is 39.3 Å². The first-order valence-corrected chi connectivity index (χ1v) is 5.73. The Bertz CT molecular complexity index is 224. The number of hydrogen-bond acceptors (Lipinski definition) is 0. The van der Waals surface area contributed by atoms with Gasteiger partial charge < -0.3 is 0 Å². The first-order valence-electron chi connectivity index (χ1n) is 5.73. The molecule has 2 atom stereocenters. The van der Waals surface area contributed by atoms with Crippen molar-refractivity contribution >= 4 is 0 Å². The van der Waals surface area contributed by atoms with Crippen LogP contribution in [0.15, 0.2) is 12.2 Å². The molecule has 2 aliphatic rings. The second kappa shape index (κ2) is 2.87. The summed E-state index contributed by atoms with van der Waals surface area (Å²) in [6.45, 7) is 7.46. The Kier molecular flexibility index (Phi) is 2.05. The summed E-state index contributed by atoms with van der Waals surface area (Å²) in [7, 11) is 0. The highest BCUT2D eigenvalue weighted by atomic mass is 14.5. The van der Waals surface area contributed by atoms with Crippen molar-refractivity contribution in [1.29, 1.82) is 0 Å². The molecule has 0 radical (unpaired) electrons. The van der Waals surface area contributed by atoms with Gasteiger partial charge in [0.2, 0.25) is 0 Å². The molecule has 1 saturated carbocycles. The molecule has 1 fully saturated rings. The molecule has 0 aromatic heterocycles. The summed E-state index contributed by atoms with van der Waals surface area (Å²) in [5.41, 5.74) is 1.14. The lowest BCUT2D eigenvalue weighted by Crippen LogP contribution is -2.45. The summed E-state index contributed by atoms with van der Waals surface area (Å²) < 4.78 is 0. The standard InChI is InChI=1S/C13H22/c1-12(2)9-6-8-11-7-4-5-10-13(11,12)3/h4,7,11H,5-6,8-10H2,1-3H3. The van der Waals surface area contributed by atoms with Gasteiger partial charge in [0.1, 0.15) is 0 Å². The smallest absolute Gasteiger partial charge is 0.0174 e. The lowest BCUT2D eigenvalue weighted by Gasteiger charge is -2.54. The molecule has 74 valence electrons. The monoisotopic (exact) mass is 178 g/mol. The zero-order valence-electron chi connectivity index (χ0n) is 9.27. The van der Waals surface area contributed by atoms with E-state index >= 15 is 0 Å². The van der Waals surface area contributed by atoms with Crippen LogP contribution in [0.2, 0.25) is 0 Å². The van der Waals surface area contributed by atoms with Gasteiger partial charge in [0.25, 0.3) is 0 Å². The van der Waals surface area contributed by atoms with Crippen molar-refractivity contribution < 1.29 is 0 Å². The fourth-order valence-electron chi connectivity index (χ4n) is 3.35. The average molecular weight is 178 g/mol. The molecular weight excluding hydrogens is 156 g/mol. The summed E-state index contributed by atoms with van der Waals surface area (Å²) in [5, 5.41) is 0. The largest absolute Gasteiger partial charge is 0.0882 e. The Morgan fingerprint density at radius 3 is 2.62 bits per heavy atom. The minimum Gasteiger partial charge on any atom is -0.0882 e. The second-order valence-corrected chi connectivity index (χ2v) is 5.77. The predicted molar refractivity (Wildman–Crippen MR) is 57.6 cm³/mol. The van der Waals surface area contributed by atoms with Crippen LogP contribution >= 0.6 is 0 Å². The Hall–Kier alpha value is -0.260. The highest BCUT2D eigenvalue weighted by Gasteiger charge is 2.48. The minimum atomic E-state index is 0.556. The highest BCUT2D eigenvalue weighted by Crippen LogP contribution is 2.57. The Morgan fingerprint density at radius 1 is 1.15 bits per heavy atom. The van der Waals surface area contributed by atoms with Gasteiger partial charge in [-0.25, -0.2) is 0 Å². The average Bonchev–Trinajstić information content (AvgIpc) is 2.06. The first-order chi connectivity index (χ1) is 6.06. The van der Waals surface area contributed by atoms with Crippen LogP contribution < -0.4 is 0 Å². The molecule has 0 saturated heterocycles. The predicted octanol–water partition coefficient (Wildman–Crippen LogP) is 4.17. The fourth-order valence-corrected chi connectivity index (χ4v) is 3.35. The van der Waals surface area contributed by atoms with Crippen LogP contribution in [0.3, 0.4) is 0 Å². The molecule has 13 heavy (non-hydrogen) atoms. The van der Waals surface area contributed by atoms with E-state index in [4.69, 9.17) is 0 Å². The van der Waals surface area contributed by atoms with Gasteiger partial charge in [-0.2, -0.15) is 0 Å². The van der Waals surface area contributed by atoms with E-state index in [1.165, 1.54) is 32.1 Å². The molecule has 0 heteroatoms. The van der Waals surface area contributed by atoms with Gasteiger partial charge in [-0.15, -0.1) is 0 Å². The molecule has 0 N–H and O–H groups in total. The molecule has 0 nitrogen and oxygen atoms in total. The molecule has 0 amide bonds. The summed E-state index contributed by atoms with van der Waals surface area (Å²) in [6, 6.07) is 0. The van der Waals surface area contributed by atoms with Crippen molar-refractivity contribution in [2.24, 2.45) is 16.7 Å². The van der Waals surface area contributed by atoms with Gasteiger partial charge in [0, 0.05) is 0 Å². The molecule has 0 aromatic rings. The van der Waals surface area contributed by atoms with E-state index in [1.807, 2.05) is 0 Å². The highest BCUT2D eigenvalue weighted by molar-refractivity contribution is 5.09. The third-order valence-electron chi connectivity index (χ3n) is 4.88. The maximum absolute atomic E-state index is 2.51. The van der Waals surface area contributed by atoms with Gasteiger partial charge in [0.05, 0.1) is 0 Å². The summed E-state index contributed by atoms with van der Waals surface area (Å²) in [6.07, 6.45) is 11.9. The molecule has 0 aliphatic heterocycles. The van der Waals surface area contributed by atoms with E-state index in [0.29, 0.717) is 10.8 Å². The maximum Gasteiger partial charge on any atom is -0.0174 e. The van der Waals surface area contributed by atoms with Crippen molar-refractivity contribution in [3.8, 4) is 0 Å². The van der Waals surface area contributed by atoms with Crippen LogP contribution in [0.1, 0.15) is 52.9 Å². The second-order valence-electron chi connectivity index (χ2n) is 5.77. The normalized spacial score (nSPS) is 42.8. The van der Waals surface area contributed by atoms with Gasteiger partial charge in [0.15, 0.2) is 0 Å². The number of hydrogen-bond donors (Lipinski definition) is 0. The van der Waals surface area contributed by atoms with Crippen LogP contribution in [-0.2, 0) is 0 Å². The molecule has 0 aromatic carbocycles.